The van der Waals surface area contributed by atoms with Crippen molar-refractivity contribution >= 4 is 17.9 Å². The van der Waals surface area contributed by atoms with Crippen molar-refractivity contribution in [1.29, 1.82) is 0 Å². The molecule has 27 heteroatoms. The summed E-state index contributed by atoms with van der Waals surface area (Å²) in [6.07, 6.45) is 18.9. The number of rotatable bonds is 65. The van der Waals surface area contributed by atoms with E-state index in [1.807, 2.05) is 90.0 Å². The lowest BCUT2D eigenvalue weighted by atomic mass is 9.93. The van der Waals surface area contributed by atoms with Crippen molar-refractivity contribution in [1.82, 2.24) is 0 Å². The van der Waals surface area contributed by atoms with Gasteiger partial charge in [-0.2, -0.15) is 0 Å². The van der Waals surface area contributed by atoms with Gasteiger partial charge >= 0.3 is 17.9 Å². The Balaban J connectivity index is -0.000000141. The average molecular weight is 1970 g/mol. The van der Waals surface area contributed by atoms with Crippen LogP contribution in [0.15, 0.2) is 37.0 Å². The zero-order valence-electron chi connectivity index (χ0n) is 98.4. The van der Waals surface area contributed by atoms with E-state index in [0.29, 0.717) is 70.6 Å². The van der Waals surface area contributed by atoms with E-state index in [-0.39, 0.29) is 97.8 Å². The smallest absolute Gasteiger partial charge is 0.308 e. The minimum absolute atomic E-state index is 0.0340. The summed E-state index contributed by atoms with van der Waals surface area (Å²) in [6, 6.07) is 0. The summed E-state index contributed by atoms with van der Waals surface area (Å²) in [7, 11) is 22.0. The van der Waals surface area contributed by atoms with E-state index in [0.717, 1.165) is 162 Å². The maximum absolute atomic E-state index is 11.1. The molecule has 136 heavy (non-hydrogen) atoms. The Morgan fingerprint density at radius 3 is 0.838 bits per heavy atom. The van der Waals surface area contributed by atoms with E-state index >= 15 is 0 Å². The molecule has 1 atom stereocenters. The van der Waals surface area contributed by atoms with E-state index in [2.05, 4.69) is 172 Å². The van der Waals surface area contributed by atoms with Crippen molar-refractivity contribution in [3.8, 4) is 0 Å². The van der Waals surface area contributed by atoms with Crippen LogP contribution >= 0.6 is 0 Å². The lowest BCUT2D eigenvalue weighted by Crippen LogP contribution is -2.26. The summed E-state index contributed by atoms with van der Waals surface area (Å²) < 4.78 is 126. The summed E-state index contributed by atoms with van der Waals surface area (Å²) in [4.78, 5) is 32.1. The number of hydrogen-bond acceptors (Lipinski definition) is 27. The monoisotopic (exact) mass is 1970 g/mol. The molecule has 0 saturated heterocycles. The van der Waals surface area contributed by atoms with Crippen LogP contribution in [-0.4, -0.2) is 303 Å². The average Bonchev–Trinajstić information content (AvgIpc) is 0.932. The summed E-state index contributed by atoms with van der Waals surface area (Å²) in [5, 5.41) is 0. The molecule has 27 nitrogen and oxygen atoms in total. The fourth-order valence-corrected chi connectivity index (χ4v) is 7.78. The van der Waals surface area contributed by atoms with Gasteiger partial charge in [0.2, 0.25) is 0 Å². The maximum Gasteiger partial charge on any atom is 0.308 e. The van der Waals surface area contributed by atoms with E-state index in [1.54, 1.807) is 112 Å². The third-order valence-corrected chi connectivity index (χ3v) is 21.4. The molecule has 0 aliphatic rings. The number of hydrogen-bond donors (Lipinski definition) is 0. The number of carbonyl (C=O) groups excluding carboxylic acids is 3. The number of allylic oxidation sites excluding steroid dienone is 1. The SMILES string of the molecule is C=CC(C)OCCC(C)(C)OC.C=CCOCCC(C)(C)OC.CCC(=O)OCCC(C)(C)OC.CCCOCCC(C)(C)OC.COC(C)(C)CCOC(=O)C(C)C.COC(C)(C)CCOC(C)=O.COC(C)(C)CCOCC(C)C.COC(C)(C)CCOCC=C(C)C.COC(C)(C)CCOCCC(C)(C)C.COC(C)(C)CCOCCC(C)C.COC(COCCC(C)(C)OC)OC. The van der Waals surface area contributed by atoms with Gasteiger partial charge in [-0.3, -0.25) is 14.4 Å². The Kier molecular flexibility index (Phi) is 106. The topological polar surface area (TPSA) is 273 Å². The van der Waals surface area contributed by atoms with Crippen molar-refractivity contribution in [2.45, 2.75) is 426 Å². The highest BCUT2D eigenvalue weighted by Crippen LogP contribution is 2.23. The molecule has 0 radical (unpaired) electrons. The molecule has 0 aromatic heterocycles. The quantitative estimate of drug-likeness (QED) is 0.0180. The van der Waals surface area contributed by atoms with Crippen molar-refractivity contribution in [3.05, 3.63) is 37.0 Å². The van der Waals surface area contributed by atoms with Gasteiger partial charge in [0.1, 0.15) is 0 Å². The van der Waals surface area contributed by atoms with Crippen molar-refractivity contribution in [2.24, 2.45) is 23.2 Å². The second kappa shape index (κ2) is 92.9. The van der Waals surface area contributed by atoms with Crippen LogP contribution in [0.1, 0.15) is 352 Å². The minimum Gasteiger partial charge on any atom is -0.466 e. The first-order valence-corrected chi connectivity index (χ1v) is 49.5. The van der Waals surface area contributed by atoms with Crippen molar-refractivity contribution < 1.29 is 128 Å². The highest BCUT2D eigenvalue weighted by Gasteiger charge is 2.25. The molecular weight excluding hydrogens is 1740 g/mol. The molecule has 0 amide bonds. The van der Waals surface area contributed by atoms with Crippen LogP contribution in [0.25, 0.3) is 0 Å². The fourth-order valence-electron chi connectivity index (χ4n) is 7.78. The Bertz CT molecular complexity index is 2630. The Morgan fingerprint density at radius 2 is 0.574 bits per heavy atom. The second-order valence-electron chi connectivity index (χ2n) is 42.4. The molecule has 0 rings (SSSR count). The van der Waals surface area contributed by atoms with Crippen molar-refractivity contribution in [3.63, 3.8) is 0 Å². The molecule has 0 spiro atoms. The van der Waals surface area contributed by atoms with Gasteiger partial charge in [-0.25, -0.2) is 0 Å². The molecule has 0 bridgehead atoms. The molecule has 0 saturated carbocycles. The molecule has 0 aromatic rings. The lowest BCUT2D eigenvalue weighted by molar-refractivity contribution is -0.149. The normalized spacial score (nSPS) is 12.2. The predicted octanol–water partition coefficient (Wildman–Crippen LogP) is 24.6. The summed E-state index contributed by atoms with van der Waals surface area (Å²) in [6.45, 7) is 95.0. The van der Waals surface area contributed by atoms with Gasteiger partial charge in [0, 0.05) is 198 Å². The summed E-state index contributed by atoms with van der Waals surface area (Å²) >= 11 is 0. The maximum atomic E-state index is 11.1. The van der Waals surface area contributed by atoms with Gasteiger partial charge in [-0.1, -0.05) is 100.0 Å². The molecule has 0 N–H and O–H groups in total. The lowest BCUT2D eigenvalue weighted by Gasteiger charge is -2.23. The number of methoxy groups -OCH3 is 13. The molecular formula is C109H228O27. The fraction of sp³-hybridized carbons (Fsp3) is 0.917. The van der Waals surface area contributed by atoms with Crippen LogP contribution in [0.2, 0.25) is 0 Å². The Morgan fingerprint density at radius 1 is 0.301 bits per heavy atom. The van der Waals surface area contributed by atoms with Crippen LogP contribution < -0.4 is 0 Å². The molecule has 826 valence electrons. The van der Waals surface area contributed by atoms with Crippen LogP contribution in [-0.2, 0) is 128 Å². The Labute approximate surface area is 839 Å². The number of ether oxygens (including phenoxy) is 24. The second-order valence-corrected chi connectivity index (χ2v) is 42.4. The van der Waals surface area contributed by atoms with Crippen LogP contribution in [0, 0.1) is 23.2 Å². The summed E-state index contributed by atoms with van der Waals surface area (Å²) in [5.74, 6) is 0.766. The van der Waals surface area contributed by atoms with Gasteiger partial charge in [0.05, 0.1) is 120 Å². The third-order valence-electron chi connectivity index (χ3n) is 21.4. The molecule has 0 aliphatic heterocycles. The van der Waals surface area contributed by atoms with E-state index in [9.17, 15) is 14.4 Å². The molecule has 0 fully saturated rings. The van der Waals surface area contributed by atoms with Gasteiger partial charge < -0.3 is 114 Å². The van der Waals surface area contributed by atoms with E-state index in [1.165, 1.54) is 12.5 Å². The van der Waals surface area contributed by atoms with Crippen LogP contribution in [0.5, 0.6) is 0 Å². The van der Waals surface area contributed by atoms with Crippen molar-refractivity contribution in [2.75, 3.05) is 211 Å². The first-order valence-electron chi connectivity index (χ1n) is 49.5. The standard InChI is InChI=1S/C12H26O2.C11H24O2.C11H22O2.C10H22O4.C10H20O3.C10H22O2.C10H20O2.C9H18O3.C9H20O2.C9H18O2.C8H16O3/c1-11(2,3)7-9-14-10-8-12(4,5)13-6;2*1-10(2)6-8-13-9-7-11(3,4)12-5;1-10(2,13-5)6-7-14-8-9(11-3)12-4;1-8(2)9(11)13-7-6-10(3,4)12-5;1-9(2)8-12-7-6-10(3,4)11-5;1-6-9(2)12-8-7-10(3,4)11-5;1-5-8(10)12-7-6-9(2,3)11-4;2*1-5-7-11-8-6-9(2,3)10-4;1-7(9)11-6-5-8(2,3)10-4/h7-10H2,1-6H3;10H,6-9H2,1-5H3;6H,7-9H2,1-5H3;9H,6-8H2,1-5H3;8H,6-7H2,1-5H3;9H,6-8H2,1-5H3;6,9H,1,7-8H2,2-5H3;5-7H2,1-4H3;5-8H2,1-4H3;5H,1,6-8H2,2-4H3;5-6H2,1-4H3. The zero-order valence-corrected chi connectivity index (χ0v) is 98.4. The van der Waals surface area contributed by atoms with E-state index in [4.69, 9.17) is 114 Å². The first-order chi connectivity index (χ1) is 62.4. The first kappa shape index (κ1) is 155. The van der Waals surface area contributed by atoms with Gasteiger partial charge in [-0.15, -0.1) is 13.2 Å². The molecule has 1 unspecified atom stereocenters. The Hall–Kier alpha value is -3.21. The molecule has 0 aliphatic carbocycles. The van der Waals surface area contributed by atoms with Crippen LogP contribution in [0.4, 0.5) is 0 Å². The predicted molar refractivity (Wildman–Crippen MR) is 564 cm³/mol. The zero-order chi connectivity index (χ0) is 109. The molecule has 0 heterocycles. The van der Waals surface area contributed by atoms with Gasteiger partial charge in [0.15, 0.2) is 6.29 Å². The highest BCUT2D eigenvalue weighted by molar-refractivity contribution is 5.71. The number of carbonyl (C=O) groups is 3. The third kappa shape index (κ3) is 135. The number of esters is 3. The van der Waals surface area contributed by atoms with Crippen LogP contribution in [0.3, 0.4) is 0 Å². The van der Waals surface area contributed by atoms with Gasteiger partial charge in [-0.05, 0) is 261 Å². The van der Waals surface area contributed by atoms with Gasteiger partial charge in [0.25, 0.3) is 0 Å². The summed E-state index contributed by atoms with van der Waals surface area (Å²) in [5.41, 5.74) is 0.538. The highest BCUT2D eigenvalue weighted by atomic mass is 16.7. The molecule has 0 aromatic carbocycles. The minimum atomic E-state index is -0.277. The largest absolute Gasteiger partial charge is 0.466 e. The van der Waals surface area contributed by atoms with E-state index < -0.39 is 0 Å².